The molecule has 22 heavy (non-hydrogen) atoms. The van der Waals surface area contributed by atoms with Crippen molar-refractivity contribution < 1.29 is 40.0 Å². The zero-order valence-corrected chi connectivity index (χ0v) is 16.3. The van der Waals surface area contributed by atoms with Gasteiger partial charge in [0.25, 0.3) is 0 Å². The lowest BCUT2D eigenvalue weighted by atomic mass is 10.5. The van der Waals surface area contributed by atoms with Crippen molar-refractivity contribution in [2.75, 3.05) is 44.6 Å². The summed E-state index contributed by atoms with van der Waals surface area (Å²) < 4.78 is 0. The number of aliphatic hydroxyl groups excluding tert-OH is 2. The number of hydrogen-bond donors (Lipinski definition) is 5. The number of aliphatic hydroxyl groups is 4. The van der Waals surface area contributed by atoms with Crippen LogP contribution in [0, 0.1) is 0 Å². The summed E-state index contributed by atoms with van der Waals surface area (Å²) in [5, 5.41) is 32.4. The van der Waals surface area contributed by atoms with Crippen molar-refractivity contribution in [3.05, 3.63) is 0 Å². The number of rotatable bonds is 8. The SMILES string of the molecule is CCCOOC.COOCCBr.NCC(O)O.OC(O)CBr. The molecule has 0 aliphatic rings. The van der Waals surface area contributed by atoms with Gasteiger partial charge in [0.15, 0.2) is 12.6 Å². The van der Waals surface area contributed by atoms with Crippen LogP contribution in [0.15, 0.2) is 0 Å². The Morgan fingerprint density at radius 1 is 0.909 bits per heavy atom. The number of nitrogens with two attached hydrogens (primary N) is 1. The van der Waals surface area contributed by atoms with Crippen molar-refractivity contribution in [3.63, 3.8) is 0 Å². The zero-order valence-electron chi connectivity index (χ0n) is 13.2. The molecular formula is C11H29Br2NO8. The van der Waals surface area contributed by atoms with Crippen LogP contribution in [-0.4, -0.2) is 77.6 Å². The normalized spacial score (nSPS) is 9.27. The Morgan fingerprint density at radius 2 is 1.27 bits per heavy atom. The largest absolute Gasteiger partial charge is 0.367 e. The second-order valence-electron chi connectivity index (χ2n) is 3.02. The van der Waals surface area contributed by atoms with E-state index in [1.165, 1.54) is 14.2 Å². The lowest BCUT2D eigenvalue weighted by Gasteiger charge is -1.91. The Hall–Kier alpha value is 0.600. The molecule has 0 aromatic rings. The molecule has 0 atom stereocenters. The van der Waals surface area contributed by atoms with E-state index in [1.807, 2.05) is 6.92 Å². The molecule has 140 valence electrons. The van der Waals surface area contributed by atoms with Crippen molar-refractivity contribution in [2.45, 2.75) is 25.9 Å². The molecule has 0 aliphatic carbocycles. The van der Waals surface area contributed by atoms with Crippen LogP contribution >= 0.6 is 31.9 Å². The molecule has 0 bridgehead atoms. The van der Waals surface area contributed by atoms with Crippen LogP contribution in [0.1, 0.15) is 13.3 Å². The minimum absolute atomic E-state index is 0.0833. The zero-order chi connectivity index (χ0) is 18.2. The molecular weight excluding hydrogens is 434 g/mol. The summed E-state index contributed by atoms with van der Waals surface area (Å²) >= 11 is 5.96. The van der Waals surface area contributed by atoms with E-state index in [0.717, 1.165) is 11.8 Å². The maximum atomic E-state index is 7.87. The van der Waals surface area contributed by atoms with Crippen LogP contribution in [-0.2, 0) is 19.6 Å². The molecule has 0 heterocycles. The van der Waals surface area contributed by atoms with E-state index in [1.54, 1.807) is 0 Å². The first kappa shape index (κ1) is 30.5. The van der Waals surface area contributed by atoms with Crippen LogP contribution in [0.4, 0.5) is 0 Å². The predicted molar refractivity (Wildman–Crippen MR) is 89.3 cm³/mol. The molecule has 0 saturated heterocycles. The first-order valence-electron chi connectivity index (χ1n) is 6.23. The van der Waals surface area contributed by atoms with Crippen molar-refractivity contribution in [1.29, 1.82) is 0 Å². The van der Waals surface area contributed by atoms with Crippen LogP contribution in [0.25, 0.3) is 0 Å². The van der Waals surface area contributed by atoms with Gasteiger partial charge in [0.1, 0.15) is 0 Å². The molecule has 0 fully saturated rings. The highest BCUT2D eigenvalue weighted by Crippen LogP contribution is 1.80. The third-order valence-electron chi connectivity index (χ3n) is 1.03. The molecule has 11 heteroatoms. The van der Waals surface area contributed by atoms with Gasteiger partial charge in [-0.15, -0.1) is 0 Å². The van der Waals surface area contributed by atoms with Gasteiger partial charge < -0.3 is 26.2 Å². The number of halogens is 2. The van der Waals surface area contributed by atoms with Gasteiger partial charge in [-0.2, -0.15) is 0 Å². The second-order valence-corrected chi connectivity index (χ2v) is 4.46. The highest BCUT2D eigenvalue weighted by molar-refractivity contribution is 9.09. The molecule has 0 aromatic heterocycles. The molecule has 6 N–H and O–H groups in total. The first-order valence-corrected chi connectivity index (χ1v) is 8.47. The van der Waals surface area contributed by atoms with Gasteiger partial charge in [-0.25, -0.2) is 19.6 Å². The monoisotopic (exact) mass is 461 g/mol. The molecule has 0 aliphatic heterocycles. The van der Waals surface area contributed by atoms with E-state index in [9.17, 15) is 0 Å². The van der Waals surface area contributed by atoms with Gasteiger partial charge in [0.2, 0.25) is 0 Å². The van der Waals surface area contributed by atoms with Gasteiger partial charge in [-0.3, -0.25) is 0 Å². The lowest BCUT2D eigenvalue weighted by molar-refractivity contribution is -0.272. The van der Waals surface area contributed by atoms with Gasteiger partial charge >= 0.3 is 0 Å². The summed E-state index contributed by atoms with van der Waals surface area (Å²) in [6, 6.07) is 0. The summed E-state index contributed by atoms with van der Waals surface area (Å²) in [6.07, 6.45) is -1.53. The maximum absolute atomic E-state index is 7.87. The fraction of sp³-hybridized carbons (Fsp3) is 1.00. The lowest BCUT2D eigenvalue weighted by Crippen LogP contribution is -2.17. The minimum atomic E-state index is -1.34. The summed E-state index contributed by atoms with van der Waals surface area (Å²) in [4.78, 5) is 17.5. The van der Waals surface area contributed by atoms with Crippen LogP contribution in [0.5, 0.6) is 0 Å². The van der Waals surface area contributed by atoms with Gasteiger partial charge in [0.05, 0.1) is 32.8 Å². The van der Waals surface area contributed by atoms with Crippen LogP contribution < -0.4 is 5.73 Å². The highest BCUT2D eigenvalue weighted by atomic mass is 79.9. The standard InChI is InChI=1S/C4H10O2.C3H7BrO2.C2H5BrO2.C2H7NO2/c1-3-4-6-5-2;1-5-6-3-2-4;2*3-1-2(4)5/h3-4H2,1-2H3;2-3H2,1H3;2,4-5H,1H2;2,4-5H,1,3H2. The summed E-state index contributed by atoms with van der Waals surface area (Å²) in [5.74, 6) is 0. The summed E-state index contributed by atoms with van der Waals surface area (Å²) in [5.41, 5.74) is 4.67. The Morgan fingerprint density at radius 3 is 1.36 bits per heavy atom. The first-order chi connectivity index (χ1) is 10.4. The molecule has 0 amide bonds. The number of alkyl halides is 2. The van der Waals surface area contributed by atoms with Crippen molar-refractivity contribution >= 4 is 31.9 Å². The molecule has 0 spiro atoms. The van der Waals surface area contributed by atoms with Crippen LogP contribution in [0.2, 0.25) is 0 Å². The topological polar surface area (TPSA) is 144 Å². The van der Waals surface area contributed by atoms with E-state index in [0.29, 0.717) is 13.2 Å². The average Bonchev–Trinajstić information content (AvgIpc) is 2.52. The number of hydrogen-bond acceptors (Lipinski definition) is 9. The van der Waals surface area contributed by atoms with Crippen LogP contribution in [0.3, 0.4) is 0 Å². The smallest absolute Gasteiger partial charge is 0.163 e. The van der Waals surface area contributed by atoms with Gasteiger partial charge in [0, 0.05) is 11.9 Å². The molecule has 0 unspecified atom stereocenters. The fourth-order valence-electron chi connectivity index (χ4n) is 0.281. The van der Waals surface area contributed by atoms with E-state index in [4.69, 9.17) is 20.4 Å². The summed E-state index contributed by atoms with van der Waals surface area (Å²) in [7, 11) is 3.00. The second kappa shape index (κ2) is 33.3. The fourth-order valence-corrected chi connectivity index (χ4v) is 0.414. The molecule has 0 saturated carbocycles. The van der Waals surface area contributed by atoms with Crippen molar-refractivity contribution in [2.24, 2.45) is 5.73 Å². The van der Waals surface area contributed by atoms with Crippen molar-refractivity contribution in [1.82, 2.24) is 0 Å². The maximum Gasteiger partial charge on any atom is 0.163 e. The van der Waals surface area contributed by atoms with Gasteiger partial charge in [-0.05, 0) is 6.42 Å². The van der Waals surface area contributed by atoms with E-state index in [2.05, 4.69) is 57.1 Å². The van der Waals surface area contributed by atoms with Crippen molar-refractivity contribution in [3.8, 4) is 0 Å². The highest BCUT2D eigenvalue weighted by Gasteiger charge is 1.85. The minimum Gasteiger partial charge on any atom is -0.367 e. The Labute approximate surface area is 148 Å². The van der Waals surface area contributed by atoms with E-state index >= 15 is 0 Å². The van der Waals surface area contributed by atoms with Gasteiger partial charge in [-0.1, -0.05) is 38.8 Å². The molecule has 0 radical (unpaired) electrons. The van der Waals surface area contributed by atoms with E-state index < -0.39 is 12.6 Å². The Kier molecular flexibility index (Phi) is 46.1. The Bertz CT molecular complexity index is 134. The average molecular weight is 463 g/mol. The third kappa shape index (κ3) is 70.4. The summed E-state index contributed by atoms with van der Waals surface area (Å²) in [6.45, 7) is 3.24. The third-order valence-corrected chi connectivity index (χ3v) is 1.94. The predicted octanol–water partition coefficient (Wildman–Crippen LogP) is -0.118. The quantitative estimate of drug-likeness (QED) is 0.109. The molecule has 9 nitrogen and oxygen atoms in total. The Balaban J connectivity index is -0.0000000986. The molecule has 0 rings (SSSR count). The molecule has 0 aromatic carbocycles. The van der Waals surface area contributed by atoms with E-state index in [-0.39, 0.29) is 11.9 Å².